The molecule has 0 unspecified atom stereocenters. The lowest BCUT2D eigenvalue weighted by atomic mass is 10.1. The molecule has 3 aromatic rings. The van der Waals surface area contributed by atoms with Crippen molar-refractivity contribution in [3.8, 4) is 11.3 Å². The Morgan fingerprint density at radius 3 is 2.33 bits per heavy atom. The first-order valence-electron chi connectivity index (χ1n) is 9.32. The molecule has 30 heavy (non-hydrogen) atoms. The second-order valence-corrected chi connectivity index (χ2v) is 7.93. The number of benzene rings is 2. The lowest BCUT2D eigenvalue weighted by Gasteiger charge is -2.26. The van der Waals surface area contributed by atoms with Crippen molar-refractivity contribution in [2.24, 2.45) is 0 Å². The summed E-state index contributed by atoms with van der Waals surface area (Å²) >= 11 is 2.22. The monoisotopic (exact) mass is 512 g/mol. The SMILES string of the molecule is CCc1ccc(N2C(=O)NC(=O)/C(=C/c3ccc(-c4ccc(I)cc4)o3)C2=O)cc1. The van der Waals surface area contributed by atoms with Gasteiger partial charge in [0.05, 0.1) is 5.69 Å². The minimum absolute atomic E-state index is 0.169. The van der Waals surface area contributed by atoms with Gasteiger partial charge in [0.25, 0.3) is 11.8 Å². The highest BCUT2D eigenvalue weighted by Gasteiger charge is 2.37. The number of hydrogen-bond acceptors (Lipinski definition) is 4. The van der Waals surface area contributed by atoms with Crippen molar-refractivity contribution in [3.05, 3.63) is 81.1 Å². The summed E-state index contributed by atoms with van der Waals surface area (Å²) in [5, 5.41) is 2.22. The molecule has 2 aromatic carbocycles. The number of amides is 4. The Morgan fingerprint density at radius 1 is 0.967 bits per heavy atom. The first-order valence-corrected chi connectivity index (χ1v) is 10.4. The maximum Gasteiger partial charge on any atom is 0.335 e. The van der Waals surface area contributed by atoms with Crippen molar-refractivity contribution in [1.82, 2.24) is 5.32 Å². The average molecular weight is 512 g/mol. The number of barbiturate groups is 1. The summed E-state index contributed by atoms with van der Waals surface area (Å²) in [6.07, 6.45) is 2.19. The van der Waals surface area contributed by atoms with Gasteiger partial charge in [-0.3, -0.25) is 14.9 Å². The normalized spacial score (nSPS) is 15.6. The van der Waals surface area contributed by atoms with Gasteiger partial charge in [-0.1, -0.05) is 31.2 Å². The van der Waals surface area contributed by atoms with Crippen molar-refractivity contribution in [1.29, 1.82) is 0 Å². The second-order valence-electron chi connectivity index (χ2n) is 6.69. The number of carbonyl (C=O) groups is 3. The summed E-state index contributed by atoms with van der Waals surface area (Å²) in [7, 11) is 0. The predicted molar refractivity (Wildman–Crippen MR) is 122 cm³/mol. The van der Waals surface area contributed by atoms with Gasteiger partial charge in [0.2, 0.25) is 0 Å². The van der Waals surface area contributed by atoms with Crippen molar-refractivity contribution < 1.29 is 18.8 Å². The molecule has 1 fully saturated rings. The highest BCUT2D eigenvalue weighted by Crippen LogP contribution is 2.26. The Hall–Kier alpha value is -3.20. The lowest BCUT2D eigenvalue weighted by Crippen LogP contribution is -2.54. The van der Waals surface area contributed by atoms with E-state index in [1.807, 2.05) is 43.3 Å². The van der Waals surface area contributed by atoms with E-state index >= 15 is 0 Å². The maximum absolute atomic E-state index is 13.0. The van der Waals surface area contributed by atoms with Crippen LogP contribution in [-0.2, 0) is 16.0 Å². The van der Waals surface area contributed by atoms with Crippen LogP contribution in [0.4, 0.5) is 10.5 Å². The molecular weight excluding hydrogens is 495 g/mol. The van der Waals surface area contributed by atoms with Gasteiger partial charge in [-0.15, -0.1) is 0 Å². The quantitative estimate of drug-likeness (QED) is 0.310. The van der Waals surface area contributed by atoms with Crippen LogP contribution in [0.1, 0.15) is 18.2 Å². The second kappa shape index (κ2) is 8.27. The Labute approximate surface area is 186 Å². The van der Waals surface area contributed by atoms with Gasteiger partial charge >= 0.3 is 6.03 Å². The number of hydrogen-bond donors (Lipinski definition) is 1. The number of imide groups is 2. The molecule has 1 aliphatic rings. The molecular formula is C23H17IN2O4. The first-order chi connectivity index (χ1) is 14.5. The number of nitrogens with one attached hydrogen (secondary N) is 1. The van der Waals surface area contributed by atoms with E-state index in [1.54, 1.807) is 24.3 Å². The van der Waals surface area contributed by atoms with Crippen molar-refractivity contribution in [3.63, 3.8) is 0 Å². The Balaban J connectivity index is 1.65. The van der Waals surface area contributed by atoms with E-state index < -0.39 is 17.8 Å². The van der Waals surface area contributed by atoms with Gasteiger partial charge in [-0.05, 0) is 77.0 Å². The molecule has 0 bridgehead atoms. The number of urea groups is 1. The fraction of sp³-hybridized carbons (Fsp3) is 0.0870. The fourth-order valence-corrected chi connectivity index (χ4v) is 3.47. The number of halogens is 1. The zero-order chi connectivity index (χ0) is 21.3. The van der Waals surface area contributed by atoms with E-state index in [0.717, 1.165) is 26.0 Å². The van der Waals surface area contributed by atoms with Crippen LogP contribution in [0, 0.1) is 3.57 Å². The van der Waals surface area contributed by atoms with Gasteiger partial charge in [0, 0.05) is 9.13 Å². The smallest absolute Gasteiger partial charge is 0.335 e. The molecule has 1 aromatic heterocycles. The van der Waals surface area contributed by atoms with Gasteiger partial charge < -0.3 is 4.42 Å². The lowest BCUT2D eigenvalue weighted by molar-refractivity contribution is -0.122. The van der Waals surface area contributed by atoms with Gasteiger partial charge in [0.1, 0.15) is 17.1 Å². The number of rotatable bonds is 4. The molecule has 7 heteroatoms. The van der Waals surface area contributed by atoms with E-state index in [1.165, 1.54) is 6.08 Å². The highest BCUT2D eigenvalue weighted by atomic mass is 127. The van der Waals surface area contributed by atoms with E-state index in [0.29, 0.717) is 17.2 Å². The van der Waals surface area contributed by atoms with Crippen LogP contribution in [-0.4, -0.2) is 17.8 Å². The minimum Gasteiger partial charge on any atom is -0.457 e. The molecule has 0 aliphatic carbocycles. The molecule has 6 nitrogen and oxygen atoms in total. The summed E-state index contributed by atoms with van der Waals surface area (Å²) in [6, 6.07) is 17.5. The van der Waals surface area contributed by atoms with Gasteiger partial charge in [0.15, 0.2) is 0 Å². The van der Waals surface area contributed by atoms with Crippen LogP contribution in [0.3, 0.4) is 0 Å². The van der Waals surface area contributed by atoms with Crippen LogP contribution < -0.4 is 10.2 Å². The fourth-order valence-electron chi connectivity index (χ4n) is 3.11. The average Bonchev–Trinajstić information content (AvgIpc) is 3.21. The molecule has 150 valence electrons. The largest absolute Gasteiger partial charge is 0.457 e. The molecule has 1 aliphatic heterocycles. The molecule has 0 radical (unpaired) electrons. The number of furan rings is 1. The summed E-state index contributed by atoms with van der Waals surface area (Å²) in [5.74, 6) is -0.485. The molecule has 0 atom stereocenters. The predicted octanol–water partition coefficient (Wildman–Crippen LogP) is 4.78. The molecule has 4 amide bonds. The first kappa shape index (κ1) is 20.1. The third-order valence-electron chi connectivity index (χ3n) is 4.75. The number of anilines is 1. The summed E-state index contributed by atoms with van der Waals surface area (Å²) in [5.41, 5.74) is 2.19. The minimum atomic E-state index is -0.773. The van der Waals surface area contributed by atoms with E-state index in [2.05, 4.69) is 27.9 Å². The van der Waals surface area contributed by atoms with E-state index in [9.17, 15) is 14.4 Å². The third kappa shape index (κ3) is 3.93. The molecule has 2 heterocycles. The van der Waals surface area contributed by atoms with E-state index in [4.69, 9.17) is 4.42 Å². The maximum atomic E-state index is 13.0. The van der Waals surface area contributed by atoms with Gasteiger partial charge in [-0.25, -0.2) is 9.69 Å². The highest BCUT2D eigenvalue weighted by molar-refractivity contribution is 14.1. The van der Waals surface area contributed by atoms with Crippen molar-refractivity contribution in [2.75, 3.05) is 4.90 Å². The van der Waals surface area contributed by atoms with Crippen LogP contribution in [0.5, 0.6) is 0 Å². The topological polar surface area (TPSA) is 79.6 Å². The molecule has 0 saturated carbocycles. The zero-order valence-corrected chi connectivity index (χ0v) is 18.2. The summed E-state index contributed by atoms with van der Waals surface area (Å²) < 4.78 is 6.90. The van der Waals surface area contributed by atoms with Crippen LogP contribution in [0.2, 0.25) is 0 Å². The van der Waals surface area contributed by atoms with Crippen LogP contribution >= 0.6 is 22.6 Å². The number of carbonyl (C=O) groups excluding carboxylic acids is 3. The Kier molecular flexibility index (Phi) is 5.54. The number of aryl methyl sites for hydroxylation is 1. The third-order valence-corrected chi connectivity index (χ3v) is 5.47. The molecule has 4 rings (SSSR count). The Bertz CT molecular complexity index is 1160. The molecule has 1 saturated heterocycles. The molecule has 0 spiro atoms. The number of nitrogens with zero attached hydrogens (tertiary/aromatic N) is 1. The zero-order valence-electron chi connectivity index (χ0n) is 16.0. The summed E-state index contributed by atoms with van der Waals surface area (Å²) in [6.45, 7) is 2.02. The summed E-state index contributed by atoms with van der Waals surface area (Å²) in [4.78, 5) is 38.5. The van der Waals surface area contributed by atoms with Crippen molar-refractivity contribution >= 4 is 52.2 Å². The van der Waals surface area contributed by atoms with Gasteiger partial charge in [-0.2, -0.15) is 0 Å². The van der Waals surface area contributed by atoms with Crippen molar-refractivity contribution in [2.45, 2.75) is 13.3 Å². The van der Waals surface area contributed by atoms with Crippen LogP contribution in [0.25, 0.3) is 17.4 Å². The Morgan fingerprint density at radius 2 is 1.67 bits per heavy atom. The van der Waals surface area contributed by atoms with Crippen LogP contribution in [0.15, 0.2) is 70.7 Å². The molecule has 1 N–H and O–H groups in total. The standard InChI is InChI=1S/C23H17IN2O4/c1-2-14-3-9-17(10-4-14)26-22(28)19(21(27)25-23(26)29)13-18-11-12-20(30-18)15-5-7-16(24)8-6-15/h3-13H,2H2,1H3,(H,25,27,29)/b19-13-. The van der Waals surface area contributed by atoms with E-state index in [-0.39, 0.29) is 5.57 Å².